The predicted octanol–water partition coefficient (Wildman–Crippen LogP) is 2.49. The first kappa shape index (κ1) is 12.7. The summed E-state index contributed by atoms with van der Waals surface area (Å²) >= 11 is 0. The fourth-order valence-corrected chi connectivity index (χ4v) is 2.86. The molecule has 1 aromatic carbocycles. The molecule has 3 heterocycles. The highest BCUT2D eigenvalue weighted by Crippen LogP contribution is 2.34. The van der Waals surface area contributed by atoms with E-state index in [0.717, 1.165) is 33.5 Å². The first-order chi connectivity index (χ1) is 10.7. The van der Waals surface area contributed by atoms with Crippen LogP contribution in [0.3, 0.4) is 0 Å². The molecule has 0 fully saturated rings. The summed E-state index contributed by atoms with van der Waals surface area (Å²) in [6, 6.07) is 9.69. The maximum atomic E-state index is 12.1. The van der Waals surface area contributed by atoms with Crippen molar-refractivity contribution in [3.63, 3.8) is 0 Å². The van der Waals surface area contributed by atoms with Crippen LogP contribution < -0.4 is 10.4 Å². The Hall–Kier alpha value is -3.02. The first-order valence-electron chi connectivity index (χ1n) is 6.91. The predicted molar refractivity (Wildman–Crippen MR) is 84.4 cm³/mol. The van der Waals surface area contributed by atoms with Gasteiger partial charge < -0.3 is 9.72 Å². The number of H-pyrrole nitrogens is 2. The number of methoxy groups -OCH3 is 1. The third kappa shape index (κ3) is 1.67. The molecule has 0 atom stereocenters. The molecule has 110 valence electrons. The molecule has 0 radical (unpaired) electrons. The monoisotopic (exact) mass is 294 g/mol. The minimum absolute atomic E-state index is 0.248. The summed E-state index contributed by atoms with van der Waals surface area (Å²) in [5.74, 6) is 0.758. The number of aryl methyl sites for hydroxylation is 1. The number of aromatic nitrogens is 4. The summed E-state index contributed by atoms with van der Waals surface area (Å²) in [4.78, 5) is 15.2. The lowest BCUT2D eigenvalue weighted by Gasteiger charge is -2.12. The highest BCUT2D eigenvalue weighted by atomic mass is 16.5. The van der Waals surface area contributed by atoms with Crippen molar-refractivity contribution in [3.05, 3.63) is 52.6 Å². The van der Waals surface area contributed by atoms with Crippen LogP contribution >= 0.6 is 0 Å². The topological polar surface area (TPSA) is 75.2 Å². The first-order valence-corrected chi connectivity index (χ1v) is 6.91. The van der Waals surface area contributed by atoms with E-state index in [0.29, 0.717) is 5.65 Å². The highest BCUT2D eigenvalue weighted by Gasteiger charge is 2.14. The number of nitrogens with one attached hydrogen (secondary N) is 2. The van der Waals surface area contributed by atoms with Crippen molar-refractivity contribution < 1.29 is 4.74 Å². The lowest BCUT2D eigenvalue weighted by Crippen LogP contribution is -2.10. The molecule has 0 bridgehead atoms. The molecule has 4 aromatic rings. The zero-order valence-electron chi connectivity index (χ0n) is 12.2. The van der Waals surface area contributed by atoms with E-state index in [9.17, 15) is 4.79 Å². The zero-order chi connectivity index (χ0) is 15.3. The van der Waals surface area contributed by atoms with Crippen LogP contribution in [0, 0.1) is 6.92 Å². The maximum absolute atomic E-state index is 12.1. The SMILES string of the molecule is COc1cc2c(C)cc3n[nH]c(=O)n3c2cc1-c1ccc[nH]1. The molecule has 4 rings (SSSR count). The third-order valence-electron chi connectivity index (χ3n) is 3.92. The van der Waals surface area contributed by atoms with E-state index in [4.69, 9.17) is 4.74 Å². The van der Waals surface area contributed by atoms with Gasteiger partial charge in [-0.15, -0.1) is 0 Å². The van der Waals surface area contributed by atoms with Gasteiger partial charge in [0.2, 0.25) is 0 Å². The third-order valence-corrected chi connectivity index (χ3v) is 3.92. The van der Waals surface area contributed by atoms with Gasteiger partial charge in [0.25, 0.3) is 0 Å². The Morgan fingerprint density at radius 3 is 2.86 bits per heavy atom. The number of aromatic amines is 2. The number of benzene rings is 1. The number of nitrogens with zero attached hydrogens (tertiary/aromatic N) is 2. The van der Waals surface area contributed by atoms with Crippen molar-refractivity contribution in [1.29, 1.82) is 0 Å². The Morgan fingerprint density at radius 2 is 2.14 bits per heavy atom. The van der Waals surface area contributed by atoms with E-state index in [1.165, 1.54) is 0 Å². The molecule has 0 aliphatic carbocycles. The standard InChI is InChI=1S/C16H14N4O2/c1-9-6-15-18-19-16(21)20(15)13-7-11(12-4-3-5-17-12)14(22-2)8-10(9)13/h3-8,17H,1-2H3,(H,19,21). The summed E-state index contributed by atoms with van der Waals surface area (Å²) in [7, 11) is 1.64. The van der Waals surface area contributed by atoms with Crippen molar-refractivity contribution >= 4 is 16.6 Å². The number of pyridine rings is 1. The number of rotatable bonds is 2. The molecule has 0 aliphatic heterocycles. The molecular weight excluding hydrogens is 280 g/mol. The fraction of sp³-hybridized carbons (Fsp3) is 0.125. The molecule has 0 saturated heterocycles. The summed E-state index contributed by atoms with van der Waals surface area (Å²) < 4.78 is 7.10. The Morgan fingerprint density at radius 1 is 1.27 bits per heavy atom. The summed E-state index contributed by atoms with van der Waals surface area (Å²) in [6.45, 7) is 2.00. The second-order valence-corrected chi connectivity index (χ2v) is 5.20. The van der Waals surface area contributed by atoms with Gasteiger partial charge in [-0.1, -0.05) is 0 Å². The quantitative estimate of drug-likeness (QED) is 0.596. The Bertz CT molecular complexity index is 1040. The van der Waals surface area contributed by atoms with Crippen molar-refractivity contribution in [2.75, 3.05) is 7.11 Å². The van der Waals surface area contributed by atoms with Crippen LogP contribution in [0.1, 0.15) is 5.56 Å². The van der Waals surface area contributed by atoms with E-state index >= 15 is 0 Å². The van der Waals surface area contributed by atoms with Gasteiger partial charge in [0.15, 0.2) is 5.65 Å². The molecule has 0 saturated carbocycles. The van der Waals surface area contributed by atoms with Crippen LogP contribution in [-0.2, 0) is 0 Å². The van der Waals surface area contributed by atoms with Crippen LogP contribution in [0.2, 0.25) is 0 Å². The van der Waals surface area contributed by atoms with Crippen molar-refractivity contribution in [3.8, 4) is 17.0 Å². The Balaban J connectivity index is 2.20. The minimum Gasteiger partial charge on any atom is -0.496 e. The summed E-state index contributed by atoms with van der Waals surface area (Å²) in [5, 5.41) is 7.51. The summed E-state index contributed by atoms with van der Waals surface area (Å²) in [5.41, 5.74) is 4.04. The summed E-state index contributed by atoms with van der Waals surface area (Å²) in [6.07, 6.45) is 1.86. The average molecular weight is 294 g/mol. The van der Waals surface area contributed by atoms with E-state index in [1.54, 1.807) is 11.5 Å². The molecule has 6 heteroatoms. The van der Waals surface area contributed by atoms with Gasteiger partial charge in [0, 0.05) is 22.8 Å². The molecule has 0 aliphatic rings. The molecule has 0 spiro atoms. The largest absolute Gasteiger partial charge is 0.496 e. The van der Waals surface area contributed by atoms with Crippen molar-refractivity contribution in [1.82, 2.24) is 19.6 Å². The molecular formula is C16H14N4O2. The minimum atomic E-state index is -0.248. The lowest BCUT2D eigenvalue weighted by molar-refractivity contribution is 0.417. The van der Waals surface area contributed by atoms with Crippen LogP contribution in [0.15, 0.2) is 41.3 Å². The maximum Gasteiger partial charge on any atom is 0.348 e. The lowest BCUT2D eigenvalue weighted by atomic mass is 10.0. The zero-order valence-corrected chi connectivity index (χ0v) is 12.2. The molecule has 22 heavy (non-hydrogen) atoms. The van der Waals surface area contributed by atoms with Crippen LogP contribution in [-0.4, -0.2) is 26.7 Å². The van der Waals surface area contributed by atoms with Gasteiger partial charge in [-0.2, -0.15) is 5.10 Å². The highest BCUT2D eigenvalue weighted by molar-refractivity contribution is 5.91. The number of hydrogen-bond acceptors (Lipinski definition) is 3. The normalized spacial score (nSPS) is 11.4. The second kappa shape index (κ2) is 4.49. The van der Waals surface area contributed by atoms with Crippen LogP contribution in [0.5, 0.6) is 5.75 Å². The van der Waals surface area contributed by atoms with E-state index < -0.39 is 0 Å². The number of hydrogen-bond donors (Lipinski definition) is 2. The molecule has 6 nitrogen and oxygen atoms in total. The van der Waals surface area contributed by atoms with E-state index in [-0.39, 0.29) is 5.69 Å². The molecule has 0 unspecified atom stereocenters. The van der Waals surface area contributed by atoms with Gasteiger partial charge in [-0.3, -0.25) is 0 Å². The van der Waals surface area contributed by atoms with E-state index in [2.05, 4.69) is 15.2 Å². The van der Waals surface area contributed by atoms with Crippen molar-refractivity contribution in [2.45, 2.75) is 6.92 Å². The van der Waals surface area contributed by atoms with Crippen LogP contribution in [0.4, 0.5) is 0 Å². The van der Waals surface area contributed by atoms with Gasteiger partial charge in [-0.05, 0) is 42.8 Å². The van der Waals surface area contributed by atoms with Crippen molar-refractivity contribution in [2.24, 2.45) is 0 Å². The smallest absolute Gasteiger partial charge is 0.348 e. The molecule has 0 amide bonds. The fourth-order valence-electron chi connectivity index (χ4n) is 2.86. The number of fused-ring (bicyclic) bond motifs is 3. The van der Waals surface area contributed by atoms with Gasteiger partial charge in [0.05, 0.1) is 12.6 Å². The molecule has 2 N–H and O–H groups in total. The van der Waals surface area contributed by atoms with Gasteiger partial charge in [-0.25, -0.2) is 14.3 Å². The Labute approximate surface area is 125 Å². The van der Waals surface area contributed by atoms with Crippen LogP contribution in [0.25, 0.3) is 27.8 Å². The van der Waals surface area contributed by atoms with Gasteiger partial charge in [0.1, 0.15) is 5.75 Å². The van der Waals surface area contributed by atoms with Gasteiger partial charge >= 0.3 is 5.69 Å². The van der Waals surface area contributed by atoms with E-state index in [1.807, 2.05) is 43.5 Å². The Kier molecular flexibility index (Phi) is 2.59. The molecule has 3 aromatic heterocycles. The second-order valence-electron chi connectivity index (χ2n) is 5.20. The average Bonchev–Trinajstić information content (AvgIpc) is 3.16. The number of ether oxygens (including phenoxy) is 1.